The minimum Gasteiger partial charge on any atom is -0.342 e. The van der Waals surface area contributed by atoms with Crippen LogP contribution in [0.4, 0.5) is 13.2 Å². The SMILES string of the molecule is Cc1cc(C)c(S(=O)(=O)NC(Cn2c3c(c4cc(Cl)ccc42)CCCC3)C(F)(F)F)c(C)c1. The van der Waals surface area contributed by atoms with E-state index in [1.807, 2.05) is 11.6 Å². The lowest BCUT2D eigenvalue weighted by Crippen LogP contribution is -2.48. The summed E-state index contributed by atoms with van der Waals surface area (Å²) in [5.74, 6) is 0. The van der Waals surface area contributed by atoms with E-state index in [2.05, 4.69) is 0 Å². The van der Waals surface area contributed by atoms with E-state index in [-0.39, 0.29) is 4.90 Å². The molecule has 2 aromatic carbocycles. The van der Waals surface area contributed by atoms with Gasteiger partial charge in [0.2, 0.25) is 10.0 Å². The zero-order valence-electron chi connectivity index (χ0n) is 18.7. The van der Waals surface area contributed by atoms with Crippen LogP contribution in [0.15, 0.2) is 35.2 Å². The van der Waals surface area contributed by atoms with Gasteiger partial charge in [-0.1, -0.05) is 29.3 Å². The van der Waals surface area contributed by atoms with E-state index in [1.165, 1.54) is 0 Å². The number of fused-ring (bicyclic) bond motifs is 3. The molecule has 1 unspecified atom stereocenters. The molecular formula is C24H26ClF3N2O2S. The van der Waals surface area contributed by atoms with E-state index in [1.54, 1.807) is 48.7 Å². The average molecular weight is 499 g/mol. The predicted molar refractivity (Wildman–Crippen MR) is 124 cm³/mol. The Hall–Kier alpha value is -2.03. The van der Waals surface area contributed by atoms with Crippen LogP contribution in [0.1, 0.15) is 40.8 Å². The molecule has 1 atom stereocenters. The normalized spacial score (nSPS) is 15.6. The average Bonchev–Trinajstić information content (AvgIpc) is 2.99. The summed E-state index contributed by atoms with van der Waals surface area (Å²) in [5.41, 5.74) is 4.16. The Morgan fingerprint density at radius 3 is 2.33 bits per heavy atom. The Kier molecular flexibility index (Phi) is 6.31. The van der Waals surface area contributed by atoms with Gasteiger partial charge in [-0.25, -0.2) is 8.42 Å². The summed E-state index contributed by atoms with van der Waals surface area (Å²) < 4.78 is 72.3. The number of aryl methyl sites for hydroxylation is 4. The minimum atomic E-state index is -4.77. The molecule has 0 aliphatic heterocycles. The third-order valence-electron chi connectivity index (χ3n) is 6.27. The van der Waals surface area contributed by atoms with Crippen molar-refractivity contribution in [1.29, 1.82) is 0 Å². The molecule has 1 aliphatic rings. The summed E-state index contributed by atoms with van der Waals surface area (Å²) in [4.78, 5) is -0.103. The Morgan fingerprint density at radius 1 is 1.06 bits per heavy atom. The summed E-state index contributed by atoms with van der Waals surface area (Å²) in [5, 5.41) is 1.36. The van der Waals surface area contributed by atoms with Crippen LogP contribution >= 0.6 is 11.6 Å². The highest BCUT2D eigenvalue weighted by molar-refractivity contribution is 7.89. The van der Waals surface area contributed by atoms with Gasteiger partial charge >= 0.3 is 6.18 Å². The van der Waals surface area contributed by atoms with Gasteiger partial charge < -0.3 is 4.57 Å². The molecule has 33 heavy (non-hydrogen) atoms. The second-order valence-corrected chi connectivity index (χ2v) is 10.9. The molecule has 0 spiro atoms. The fourth-order valence-electron chi connectivity index (χ4n) is 5.04. The molecule has 4 nitrogen and oxygen atoms in total. The first kappa shape index (κ1) is 24.1. The lowest BCUT2D eigenvalue weighted by Gasteiger charge is -2.25. The number of alkyl halides is 3. The van der Waals surface area contributed by atoms with Gasteiger partial charge in [-0.05, 0) is 81.3 Å². The quantitative estimate of drug-likeness (QED) is 0.468. The highest BCUT2D eigenvalue weighted by Gasteiger charge is 2.43. The number of halogens is 4. The first-order valence-corrected chi connectivity index (χ1v) is 12.7. The summed E-state index contributed by atoms with van der Waals surface area (Å²) in [6.45, 7) is 4.46. The van der Waals surface area contributed by atoms with Crippen molar-refractivity contribution in [2.24, 2.45) is 0 Å². The molecule has 1 aliphatic carbocycles. The molecule has 1 aromatic heterocycles. The zero-order chi connectivity index (χ0) is 24.1. The molecular weight excluding hydrogens is 473 g/mol. The van der Waals surface area contributed by atoms with Crippen molar-refractivity contribution in [3.8, 4) is 0 Å². The van der Waals surface area contributed by atoms with Gasteiger partial charge in [-0.3, -0.25) is 0 Å². The first-order chi connectivity index (χ1) is 15.4. The Bertz CT molecular complexity index is 1310. The van der Waals surface area contributed by atoms with Crippen molar-refractivity contribution in [3.63, 3.8) is 0 Å². The molecule has 4 rings (SSSR count). The topological polar surface area (TPSA) is 51.1 Å². The number of hydrogen-bond donors (Lipinski definition) is 1. The lowest BCUT2D eigenvalue weighted by molar-refractivity contribution is -0.154. The van der Waals surface area contributed by atoms with E-state index >= 15 is 0 Å². The van der Waals surface area contributed by atoms with Gasteiger partial charge in [0.25, 0.3) is 0 Å². The molecule has 0 saturated carbocycles. The van der Waals surface area contributed by atoms with E-state index in [0.717, 1.165) is 41.5 Å². The Labute approximate surface area is 196 Å². The van der Waals surface area contributed by atoms with E-state index < -0.39 is 28.8 Å². The minimum absolute atomic E-state index is 0.103. The second kappa shape index (κ2) is 8.64. The molecule has 0 radical (unpaired) electrons. The van der Waals surface area contributed by atoms with Crippen molar-refractivity contribution in [2.45, 2.75) is 70.1 Å². The third-order valence-corrected chi connectivity index (χ3v) is 8.28. The lowest BCUT2D eigenvalue weighted by atomic mass is 9.95. The van der Waals surface area contributed by atoms with Crippen LogP contribution in [0.2, 0.25) is 5.02 Å². The van der Waals surface area contributed by atoms with Crippen molar-refractivity contribution in [2.75, 3.05) is 0 Å². The number of benzene rings is 2. The van der Waals surface area contributed by atoms with Crippen LogP contribution in [0.5, 0.6) is 0 Å². The maximum Gasteiger partial charge on any atom is 0.406 e. The molecule has 178 valence electrons. The number of nitrogens with zero attached hydrogens (tertiary/aromatic N) is 1. The fourth-order valence-corrected chi connectivity index (χ4v) is 6.88. The first-order valence-electron chi connectivity index (χ1n) is 10.8. The largest absolute Gasteiger partial charge is 0.406 e. The molecule has 1 N–H and O–H groups in total. The highest BCUT2D eigenvalue weighted by Crippen LogP contribution is 2.35. The van der Waals surface area contributed by atoms with Crippen LogP contribution in [0.3, 0.4) is 0 Å². The third kappa shape index (κ3) is 4.66. The summed E-state index contributed by atoms with van der Waals surface area (Å²) in [6.07, 6.45) is -1.52. The number of aromatic nitrogens is 1. The van der Waals surface area contributed by atoms with Crippen LogP contribution < -0.4 is 4.72 Å². The molecule has 0 bridgehead atoms. The monoisotopic (exact) mass is 498 g/mol. The van der Waals surface area contributed by atoms with Gasteiger partial charge in [0.05, 0.1) is 4.90 Å². The van der Waals surface area contributed by atoms with Crippen LogP contribution in [0, 0.1) is 20.8 Å². The van der Waals surface area contributed by atoms with E-state index in [4.69, 9.17) is 11.6 Å². The summed E-state index contributed by atoms with van der Waals surface area (Å²) in [6, 6.07) is 6.18. The standard InChI is InChI=1S/C24H26ClF3N2O2S/c1-14-10-15(2)23(16(3)11-14)33(31,32)29-22(24(26,27)28)13-30-20-7-5-4-6-18(20)19-12-17(25)8-9-21(19)30/h8-12,22,29H,4-7,13H2,1-3H3. The van der Waals surface area contributed by atoms with Crippen molar-refractivity contribution < 1.29 is 21.6 Å². The molecule has 0 saturated heterocycles. The van der Waals surface area contributed by atoms with Crippen LogP contribution in [0.25, 0.3) is 10.9 Å². The number of nitrogens with one attached hydrogen (secondary N) is 1. The van der Waals surface area contributed by atoms with Gasteiger partial charge in [0.15, 0.2) is 0 Å². The van der Waals surface area contributed by atoms with Gasteiger partial charge in [0.1, 0.15) is 6.04 Å². The smallest absolute Gasteiger partial charge is 0.342 e. The van der Waals surface area contributed by atoms with Crippen molar-refractivity contribution in [1.82, 2.24) is 9.29 Å². The maximum atomic E-state index is 14.2. The molecule has 0 amide bonds. The number of hydrogen-bond acceptors (Lipinski definition) is 2. The predicted octanol–water partition coefficient (Wildman–Crippen LogP) is 6.01. The molecule has 3 aromatic rings. The van der Waals surface area contributed by atoms with E-state index in [9.17, 15) is 21.6 Å². The summed E-state index contributed by atoms with van der Waals surface area (Å²) in [7, 11) is -4.41. The van der Waals surface area contributed by atoms with Crippen molar-refractivity contribution >= 4 is 32.5 Å². The Balaban J connectivity index is 1.78. The molecule has 9 heteroatoms. The van der Waals surface area contributed by atoms with Crippen molar-refractivity contribution in [3.05, 3.63) is 63.3 Å². The molecule has 0 fully saturated rings. The van der Waals surface area contributed by atoms with Crippen LogP contribution in [-0.2, 0) is 29.4 Å². The number of rotatable bonds is 5. The highest BCUT2D eigenvalue weighted by atomic mass is 35.5. The molecule has 1 heterocycles. The summed E-state index contributed by atoms with van der Waals surface area (Å²) >= 11 is 6.16. The zero-order valence-corrected chi connectivity index (χ0v) is 20.3. The van der Waals surface area contributed by atoms with Gasteiger partial charge in [0, 0.05) is 28.2 Å². The number of sulfonamides is 1. The van der Waals surface area contributed by atoms with Crippen LogP contribution in [-0.4, -0.2) is 25.2 Å². The van der Waals surface area contributed by atoms with E-state index in [0.29, 0.717) is 28.1 Å². The van der Waals surface area contributed by atoms with Gasteiger partial charge in [-0.2, -0.15) is 17.9 Å². The Morgan fingerprint density at radius 2 is 1.70 bits per heavy atom. The maximum absolute atomic E-state index is 14.2. The fraction of sp³-hybridized carbons (Fsp3) is 0.417. The van der Waals surface area contributed by atoms with Gasteiger partial charge in [-0.15, -0.1) is 0 Å². The second-order valence-electron chi connectivity index (χ2n) is 8.85.